The van der Waals surface area contributed by atoms with E-state index in [0.29, 0.717) is 4.88 Å². The minimum Gasteiger partial charge on any atom is -0.392 e. The molecule has 3 aromatic heterocycles. The Morgan fingerprint density at radius 3 is 3.00 bits per heavy atom. The van der Waals surface area contributed by atoms with E-state index in [0.717, 1.165) is 27.0 Å². The molecule has 0 spiro atoms. The third kappa shape index (κ3) is 2.00. The van der Waals surface area contributed by atoms with Gasteiger partial charge < -0.3 is 15.8 Å². The van der Waals surface area contributed by atoms with E-state index >= 15 is 0 Å². The lowest BCUT2D eigenvalue weighted by molar-refractivity contribution is 0.100. The third-order valence-corrected chi connectivity index (χ3v) is 4.02. The molecule has 1 amide bonds. The number of fused-ring (bicyclic) bond motifs is 1. The molecule has 0 aliphatic rings. The number of nitrogens with two attached hydrogens (primary N) is 1. The van der Waals surface area contributed by atoms with Crippen molar-refractivity contribution in [3.05, 3.63) is 41.0 Å². The summed E-state index contributed by atoms with van der Waals surface area (Å²) in [6.45, 7) is -0.0511. The van der Waals surface area contributed by atoms with Crippen molar-refractivity contribution in [2.75, 3.05) is 0 Å². The minimum atomic E-state index is -0.426. The van der Waals surface area contributed by atoms with Crippen LogP contribution in [-0.4, -0.2) is 21.0 Å². The van der Waals surface area contributed by atoms with Gasteiger partial charge in [-0.2, -0.15) is 0 Å². The van der Waals surface area contributed by atoms with Gasteiger partial charge in [0.2, 0.25) is 0 Å². The number of primary amides is 1. The molecule has 0 radical (unpaired) electrons. The van der Waals surface area contributed by atoms with E-state index in [4.69, 9.17) is 10.8 Å². The van der Waals surface area contributed by atoms with Crippen LogP contribution in [0.3, 0.4) is 0 Å². The van der Waals surface area contributed by atoms with Crippen molar-refractivity contribution in [3.63, 3.8) is 0 Å². The monoisotopic (exact) mass is 273 g/mol. The van der Waals surface area contributed by atoms with Gasteiger partial charge in [-0.3, -0.25) is 4.79 Å². The summed E-state index contributed by atoms with van der Waals surface area (Å²) in [6.07, 6.45) is 3.47. The second kappa shape index (κ2) is 4.49. The van der Waals surface area contributed by atoms with Crippen LogP contribution in [-0.2, 0) is 6.61 Å². The molecule has 0 aliphatic heterocycles. The highest BCUT2D eigenvalue weighted by Crippen LogP contribution is 2.33. The van der Waals surface area contributed by atoms with Crippen molar-refractivity contribution in [3.8, 4) is 10.4 Å². The Bertz CT molecular complexity index is 760. The number of thiophene rings is 1. The highest BCUT2D eigenvalue weighted by atomic mass is 32.1. The summed E-state index contributed by atoms with van der Waals surface area (Å²) >= 11 is 1.34. The summed E-state index contributed by atoms with van der Waals surface area (Å²) in [5.41, 5.74) is 7.71. The van der Waals surface area contributed by atoms with Gasteiger partial charge >= 0.3 is 0 Å². The number of carbonyl (C=O) groups excluding carboxylic acids is 1. The molecule has 0 bridgehead atoms. The Balaban J connectivity index is 2.15. The van der Waals surface area contributed by atoms with Gasteiger partial charge in [-0.15, -0.1) is 11.3 Å². The molecule has 0 saturated carbocycles. The second-order valence-corrected chi connectivity index (χ2v) is 5.21. The van der Waals surface area contributed by atoms with Crippen molar-refractivity contribution >= 4 is 28.3 Å². The molecule has 0 fully saturated rings. The number of aliphatic hydroxyl groups is 1. The van der Waals surface area contributed by atoms with Crippen molar-refractivity contribution < 1.29 is 9.90 Å². The van der Waals surface area contributed by atoms with Crippen LogP contribution in [0.4, 0.5) is 0 Å². The minimum absolute atomic E-state index is 0.0511. The highest BCUT2D eigenvalue weighted by Gasteiger charge is 2.12. The van der Waals surface area contributed by atoms with E-state index in [2.05, 4.69) is 9.97 Å². The van der Waals surface area contributed by atoms with Crippen LogP contribution in [0.2, 0.25) is 0 Å². The molecule has 4 N–H and O–H groups in total. The van der Waals surface area contributed by atoms with Crippen molar-refractivity contribution in [2.24, 2.45) is 5.73 Å². The molecule has 96 valence electrons. The van der Waals surface area contributed by atoms with E-state index in [1.54, 1.807) is 12.3 Å². The van der Waals surface area contributed by atoms with Crippen LogP contribution in [0.15, 0.2) is 30.6 Å². The smallest absolute Gasteiger partial charge is 0.258 e. The largest absolute Gasteiger partial charge is 0.392 e. The first-order chi connectivity index (χ1) is 9.19. The predicted molar refractivity (Wildman–Crippen MR) is 73.8 cm³/mol. The molecule has 0 saturated heterocycles. The van der Waals surface area contributed by atoms with Crippen molar-refractivity contribution in [1.82, 2.24) is 9.97 Å². The van der Waals surface area contributed by atoms with Crippen LogP contribution >= 0.6 is 11.3 Å². The summed E-state index contributed by atoms with van der Waals surface area (Å²) < 4.78 is 0. The van der Waals surface area contributed by atoms with Crippen LogP contribution in [0.5, 0.6) is 0 Å². The fourth-order valence-electron chi connectivity index (χ4n) is 1.95. The maximum atomic E-state index is 11.1. The number of amides is 1. The van der Waals surface area contributed by atoms with Crippen molar-refractivity contribution in [1.29, 1.82) is 0 Å². The fraction of sp³-hybridized carbons (Fsp3) is 0.0769. The summed E-state index contributed by atoms with van der Waals surface area (Å²) in [6, 6.07) is 5.46. The number of hydrogen-bond acceptors (Lipinski definition) is 4. The van der Waals surface area contributed by atoms with E-state index in [-0.39, 0.29) is 6.61 Å². The summed E-state index contributed by atoms with van der Waals surface area (Å²) in [7, 11) is 0. The lowest BCUT2D eigenvalue weighted by Crippen LogP contribution is -2.07. The van der Waals surface area contributed by atoms with Gasteiger partial charge in [0.1, 0.15) is 5.65 Å². The zero-order chi connectivity index (χ0) is 13.4. The number of H-pyrrole nitrogens is 1. The molecule has 3 rings (SSSR count). The molecule has 0 unspecified atom stereocenters. The summed E-state index contributed by atoms with van der Waals surface area (Å²) in [5.74, 6) is -0.426. The Morgan fingerprint density at radius 1 is 1.47 bits per heavy atom. The first-order valence-electron chi connectivity index (χ1n) is 5.66. The average Bonchev–Trinajstić information content (AvgIpc) is 3.03. The van der Waals surface area contributed by atoms with E-state index in [9.17, 15) is 4.79 Å². The maximum absolute atomic E-state index is 11.1. The van der Waals surface area contributed by atoms with Gasteiger partial charge in [0.15, 0.2) is 0 Å². The molecule has 0 atom stereocenters. The Labute approximate surface area is 112 Å². The number of hydrogen-bond donors (Lipinski definition) is 3. The topological polar surface area (TPSA) is 92.0 Å². The van der Waals surface area contributed by atoms with Crippen LogP contribution < -0.4 is 5.73 Å². The standard InChI is InChI=1S/C13H11N3O2S/c14-12(18)11-2-1-10(19-11)9-5-16-13-8(9)3-7(6-17)4-15-13/h1-5,17H,6H2,(H2,14,18)(H,15,16). The molecule has 0 aliphatic carbocycles. The number of carbonyl (C=O) groups is 1. The number of aromatic nitrogens is 2. The van der Waals surface area contributed by atoms with Crippen LogP contribution in [0, 0.1) is 0 Å². The number of rotatable bonds is 3. The third-order valence-electron chi connectivity index (χ3n) is 2.88. The Kier molecular flexibility index (Phi) is 2.81. The fourth-order valence-corrected chi connectivity index (χ4v) is 2.84. The molecule has 19 heavy (non-hydrogen) atoms. The Morgan fingerprint density at radius 2 is 2.32 bits per heavy atom. The molecule has 5 nitrogen and oxygen atoms in total. The quantitative estimate of drug-likeness (QED) is 0.680. The lowest BCUT2D eigenvalue weighted by atomic mass is 10.1. The zero-order valence-electron chi connectivity index (χ0n) is 9.88. The normalized spacial score (nSPS) is 11.0. The second-order valence-electron chi connectivity index (χ2n) is 4.13. The first-order valence-corrected chi connectivity index (χ1v) is 6.47. The molecule has 6 heteroatoms. The van der Waals surface area contributed by atoms with Gasteiger partial charge in [-0.1, -0.05) is 0 Å². The van der Waals surface area contributed by atoms with Gasteiger partial charge in [-0.25, -0.2) is 4.98 Å². The molecular formula is C13H11N3O2S. The molecular weight excluding hydrogens is 262 g/mol. The summed E-state index contributed by atoms with van der Waals surface area (Å²) in [4.78, 5) is 19.9. The number of aliphatic hydroxyl groups excluding tert-OH is 1. The van der Waals surface area contributed by atoms with Gasteiger partial charge in [0.25, 0.3) is 5.91 Å². The highest BCUT2D eigenvalue weighted by molar-refractivity contribution is 7.17. The number of nitrogens with one attached hydrogen (secondary N) is 1. The van der Waals surface area contributed by atoms with E-state index in [1.165, 1.54) is 11.3 Å². The zero-order valence-corrected chi connectivity index (χ0v) is 10.7. The first kappa shape index (κ1) is 11.9. The van der Waals surface area contributed by atoms with Gasteiger partial charge in [0.05, 0.1) is 11.5 Å². The van der Waals surface area contributed by atoms with Crippen LogP contribution in [0.1, 0.15) is 15.2 Å². The SMILES string of the molecule is NC(=O)c1ccc(-c2c[nH]c3ncc(CO)cc23)s1. The summed E-state index contributed by atoms with van der Waals surface area (Å²) in [5, 5.41) is 10.1. The predicted octanol–water partition coefficient (Wildman–Crippen LogP) is 1.88. The molecule has 3 heterocycles. The van der Waals surface area contributed by atoms with Crippen LogP contribution in [0.25, 0.3) is 21.5 Å². The van der Waals surface area contributed by atoms with E-state index < -0.39 is 5.91 Å². The van der Waals surface area contributed by atoms with Gasteiger partial charge in [-0.05, 0) is 23.8 Å². The maximum Gasteiger partial charge on any atom is 0.258 e. The number of nitrogens with zero attached hydrogens (tertiary/aromatic N) is 1. The van der Waals surface area contributed by atoms with E-state index in [1.807, 2.05) is 18.3 Å². The number of pyridine rings is 1. The number of aromatic amines is 1. The average molecular weight is 273 g/mol. The Hall–Kier alpha value is -2.18. The molecule has 0 aromatic carbocycles. The lowest BCUT2D eigenvalue weighted by Gasteiger charge is -1.98. The van der Waals surface area contributed by atoms with Crippen molar-refractivity contribution in [2.45, 2.75) is 6.61 Å². The molecule has 3 aromatic rings. The van der Waals surface area contributed by atoms with Gasteiger partial charge in [0, 0.05) is 28.2 Å².